The van der Waals surface area contributed by atoms with E-state index < -0.39 is 0 Å². The summed E-state index contributed by atoms with van der Waals surface area (Å²) in [7, 11) is 0. The van der Waals surface area contributed by atoms with Gasteiger partial charge in [-0.1, -0.05) is 47.0 Å². The zero-order valence-electron chi connectivity index (χ0n) is 10.4. The Kier molecular flexibility index (Phi) is 4.56. The van der Waals surface area contributed by atoms with Gasteiger partial charge in [-0.15, -0.1) is 23.5 Å². The molecule has 3 heterocycles. The summed E-state index contributed by atoms with van der Waals surface area (Å²) in [5.41, 5.74) is 1.74. The van der Waals surface area contributed by atoms with Gasteiger partial charge in [0.05, 0.1) is 21.2 Å². The molecular weight excluding hydrogens is 349 g/mol. The van der Waals surface area contributed by atoms with Crippen molar-refractivity contribution < 1.29 is 0 Å². The Hall–Kier alpha value is 1.32. The van der Waals surface area contributed by atoms with Gasteiger partial charge in [0.1, 0.15) is 0 Å². The monoisotopic (exact) mass is 362 g/mol. The maximum Gasteiger partial charge on any atom is 0.0717 e. The van der Waals surface area contributed by atoms with E-state index in [4.69, 9.17) is 0 Å². The Balaban J connectivity index is 1.48. The van der Waals surface area contributed by atoms with Gasteiger partial charge in [-0.25, -0.2) is 0 Å². The third kappa shape index (κ3) is 2.95. The summed E-state index contributed by atoms with van der Waals surface area (Å²) in [6.07, 6.45) is 6.89. The van der Waals surface area contributed by atoms with Crippen molar-refractivity contribution in [1.82, 2.24) is 0 Å². The molecule has 0 bridgehead atoms. The van der Waals surface area contributed by atoms with Gasteiger partial charge in [0.25, 0.3) is 0 Å². The zero-order chi connectivity index (χ0) is 12.7. The lowest BCUT2D eigenvalue weighted by Gasteiger charge is -2.15. The van der Waals surface area contributed by atoms with Gasteiger partial charge >= 0.3 is 0 Å². The molecule has 0 aromatic carbocycles. The van der Waals surface area contributed by atoms with Crippen LogP contribution in [0, 0.1) is 0 Å². The fourth-order valence-electron chi connectivity index (χ4n) is 2.37. The van der Waals surface area contributed by atoms with E-state index >= 15 is 0 Å². The van der Waals surface area contributed by atoms with Crippen LogP contribution in [0.4, 0.5) is 0 Å². The first-order valence-corrected chi connectivity index (χ1v) is 11.8. The molecule has 0 N–H and O–H groups in total. The van der Waals surface area contributed by atoms with Crippen LogP contribution in [-0.4, -0.2) is 11.5 Å². The minimum Gasteiger partial charge on any atom is -0.118 e. The van der Waals surface area contributed by atoms with Gasteiger partial charge in [-0.2, -0.15) is 0 Å². The van der Waals surface area contributed by atoms with Crippen LogP contribution in [0.25, 0.3) is 0 Å². The molecule has 0 aromatic heterocycles. The van der Waals surface area contributed by atoms with Crippen LogP contribution in [-0.2, 0) is 0 Å². The van der Waals surface area contributed by atoms with Crippen molar-refractivity contribution in [3.8, 4) is 0 Å². The summed E-state index contributed by atoms with van der Waals surface area (Å²) >= 11 is 12.3. The molecule has 1 saturated carbocycles. The highest BCUT2D eigenvalue weighted by Gasteiger charge is 2.33. The minimum absolute atomic E-state index is 1.31. The number of hydrogen-bond donors (Lipinski definition) is 0. The van der Waals surface area contributed by atoms with Crippen molar-refractivity contribution in [1.29, 1.82) is 0 Å². The molecule has 102 valence electrons. The molecule has 0 amide bonds. The van der Waals surface area contributed by atoms with Gasteiger partial charge in [0.15, 0.2) is 0 Å². The fraction of sp³-hybridized carbons (Fsp3) is 0.538. The molecule has 0 atom stereocenters. The Labute approximate surface area is 140 Å². The van der Waals surface area contributed by atoms with Crippen LogP contribution in [0.1, 0.15) is 32.1 Å². The van der Waals surface area contributed by atoms with E-state index in [9.17, 15) is 0 Å². The highest BCUT2D eigenvalue weighted by Crippen LogP contribution is 2.69. The lowest BCUT2D eigenvalue weighted by Crippen LogP contribution is -1.92. The van der Waals surface area contributed by atoms with E-state index in [1.807, 2.05) is 23.5 Å². The van der Waals surface area contributed by atoms with Gasteiger partial charge in [0, 0.05) is 0 Å². The first kappa shape index (κ1) is 13.9. The SMILES string of the molecule is C1CSC(=C2SC3=C(SC(=C4CCCC4)S3)S2)SC1. The largest absolute Gasteiger partial charge is 0.118 e. The van der Waals surface area contributed by atoms with E-state index in [-0.39, 0.29) is 0 Å². The summed E-state index contributed by atoms with van der Waals surface area (Å²) in [6, 6.07) is 0. The Morgan fingerprint density at radius 3 is 1.68 bits per heavy atom. The quantitative estimate of drug-likeness (QED) is 0.458. The summed E-state index contributed by atoms with van der Waals surface area (Å²) in [6.45, 7) is 0. The predicted octanol–water partition coefficient (Wildman–Crippen LogP) is 6.86. The standard InChI is InChI=1S/C13H14S6/c1-2-5-8(4-1)9-16-12-13(17-9)19-11(18-12)10-14-6-3-7-15-10/h1-7H2. The number of rotatable bonds is 0. The smallest absolute Gasteiger partial charge is 0.0717 e. The number of hydrogen-bond acceptors (Lipinski definition) is 6. The van der Waals surface area contributed by atoms with Crippen LogP contribution in [0.15, 0.2) is 26.8 Å². The second-order valence-corrected chi connectivity index (χ2v) is 12.3. The number of allylic oxidation sites excluding steroid dienone is 1. The first-order chi connectivity index (χ1) is 9.40. The van der Waals surface area contributed by atoms with E-state index in [0.29, 0.717) is 0 Å². The van der Waals surface area contributed by atoms with Gasteiger partial charge < -0.3 is 0 Å². The van der Waals surface area contributed by atoms with Crippen LogP contribution in [0.3, 0.4) is 0 Å². The third-order valence-corrected chi connectivity index (χ3v) is 12.3. The molecule has 4 aliphatic rings. The molecule has 3 aliphatic heterocycles. The summed E-state index contributed by atoms with van der Waals surface area (Å²) < 4.78 is 7.91. The maximum absolute atomic E-state index is 2.07. The molecular formula is C13H14S6. The van der Waals surface area contributed by atoms with Crippen molar-refractivity contribution >= 4 is 70.6 Å². The normalized spacial score (nSPS) is 27.8. The fourth-order valence-corrected chi connectivity index (χ4v) is 11.9. The van der Waals surface area contributed by atoms with E-state index in [0.717, 1.165) is 0 Å². The van der Waals surface area contributed by atoms with Crippen molar-refractivity contribution in [3.05, 3.63) is 26.8 Å². The molecule has 0 nitrogen and oxygen atoms in total. The van der Waals surface area contributed by atoms with Gasteiger partial charge in [-0.05, 0) is 49.2 Å². The third-order valence-electron chi connectivity index (χ3n) is 3.33. The van der Waals surface area contributed by atoms with Crippen molar-refractivity contribution in [2.75, 3.05) is 11.5 Å². The molecule has 0 aromatic rings. The highest BCUT2D eigenvalue weighted by atomic mass is 32.3. The Morgan fingerprint density at radius 2 is 1.05 bits per heavy atom. The maximum atomic E-state index is 2.07. The van der Waals surface area contributed by atoms with E-state index in [1.165, 1.54) is 43.6 Å². The molecule has 0 unspecified atom stereocenters. The van der Waals surface area contributed by atoms with Crippen molar-refractivity contribution in [3.63, 3.8) is 0 Å². The lowest BCUT2D eigenvalue weighted by molar-refractivity contribution is 0.886. The number of thioether (sulfide) groups is 6. The topological polar surface area (TPSA) is 0 Å². The van der Waals surface area contributed by atoms with Crippen LogP contribution in [0.2, 0.25) is 0 Å². The van der Waals surface area contributed by atoms with Crippen molar-refractivity contribution in [2.45, 2.75) is 32.1 Å². The van der Waals surface area contributed by atoms with E-state index in [2.05, 4.69) is 47.0 Å². The minimum atomic E-state index is 1.31. The van der Waals surface area contributed by atoms with Gasteiger partial charge in [0.2, 0.25) is 0 Å². The Bertz CT molecular complexity index is 463. The average molecular weight is 363 g/mol. The molecule has 1 aliphatic carbocycles. The second-order valence-electron chi connectivity index (χ2n) is 4.71. The predicted molar refractivity (Wildman–Crippen MR) is 99.4 cm³/mol. The average Bonchev–Trinajstić information content (AvgIpc) is 3.14. The molecule has 0 radical (unpaired) electrons. The van der Waals surface area contributed by atoms with Crippen molar-refractivity contribution in [2.24, 2.45) is 0 Å². The molecule has 19 heavy (non-hydrogen) atoms. The van der Waals surface area contributed by atoms with Gasteiger partial charge in [-0.3, -0.25) is 0 Å². The van der Waals surface area contributed by atoms with Crippen LogP contribution in [0.5, 0.6) is 0 Å². The lowest BCUT2D eigenvalue weighted by atomic mass is 10.3. The molecule has 0 spiro atoms. The summed E-state index contributed by atoms with van der Waals surface area (Å²) in [5, 5.41) is 0. The summed E-state index contributed by atoms with van der Waals surface area (Å²) in [5.74, 6) is 2.63. The van der Waals surface area contributed by atoms with E-state index in [1.54, 1.807) is 26.8 Å². The second kappa shape index (κ2) is 6.21. The Morgan fingerprint density at radius 1 is 0.526 bits per heavy atom. The van der Waals surface area contributed by atoms with Crippen LogP contribution < -0.4 is 0 Å². The molecule has 4 rings (SSSR count). The first-order valence-electron chi connectivity index (χ1n) is 6.58. The molecule has 2 fully saturated rings. The highest BCUT2D eigenvalue weighted by molar-refractivity contribution is 8.48. The zero-order valence-corrected chi connectivity index (χ0v) is 15.3. The molecule has 6 heteroatoms. The van der Waals surface area contributed by atoms with Crippen LogP contribution >= 0.6 is 70.6 Å². The molecule has 1 saturated heterocycles. The summed E-state index contributed by atoms with van der Waals surface area (Å²) in [4.78, 5) is 0.